The molecule has 8 heavy (non-hydrogen) atoms. The molecule has 0 unspecified atom stereocenters. The maximum Gasteiger partial charge on any atom is 0.309 e. The molecule has 3 nitrogen and oxygen atoms in total. The summed E-state index contributed by atoms with van der Waals surface area (Å²) in [5, 5.41) is 8.21. The molecule has 0 radical (unpaired) electrons. The average Bonchev–Trinajstić information content (AvgIpc) is 1.21. The number of hydrogen-bond acceptors (Lipinski definition) is 1. The Kier molecular flexibility index (Phi) is 1.98. The molecule has 0 aliphatic heterocycles. The SMILES string of the molecule is CC(C)([NH3+])CC(=O)O. The van der Waals surface area contributed by atoms with Gasteiger partial charge in [-0.25, -0.2) is 0 Å². The van der Waals surface area contributed by atoms with Crippen LogP contribution in [0, 0.1) is 0 Å². The summed E-state index contributed by atoms with van der Waals surface area (Å²) in [6.45, 7) is 3.59. The summed E-state index contributed by atoms with van der Waals surface area (Å²) >= 11 is 0. The fourth-order valence-electron chi connectivity index (χ4n) is 0.409. The Hall–Kier alpha value is -0.570. The van der Waals surface area contributed by atoms with E-state index in [9.17, 15) is 4.79 Å². The van der Waals surface area contributed by atoms with Crippen molar-refractivity contribution in [3.8, 4) is 0 Å². The quantitative estimate of drug-likeness (QED) is 0.512. The molecule has 0 atom stereocenters. The van der Waals surface area contributed by atoms with E-state index in [4.69, 9.17) is 5.11 Å². The molecule has 0 fully saturated rings. The molecule has 0 aromatic heterocycles. The zero-order valence-corrected chi connectivity index (χ0v) is 5.27. The van der Waals surface area contributed by atoms with Gasteiger partial charge in [-0.15, -0.1) is 0 Å². The highest BCUT2D eigenvalue weighted by atomic mass is 16.4. The third-order valence-corrected chi connectivity index (χ3v) is 0.630. The molecule has 0 aliphatic carbocycles. The van der Waals surface area contributed by atoms with Gasteiger partial charge in [-0.1, -0.05) is 0 Å². The van der Waals surface area contributed by atoms with Crippen molar-refractivity contribution in [2.45, 2.75) is 25.8 Å². The molecule has 0 aromatic rings. The smallest absolute Gasteiger partial charge is 0.309 e. The largest absolute Gasteiger partial charge is 0.481 e. The summed E-state index contributed by atoms with van der Waals surface area (Å²) in [6.07, 6.45) is 0.132. The molecule has 0 amide bonds. The summed E-state index contributed by atoms with van der Waals surface area (Å²) in [7, 11) is 0. The fourth-order valence-corrected chi connectivity index (χ4v) is 0.409. The van der Waals surface area contributed by atoms with E-state index in [1.807, 2.05) is 0 Å². The van der Waals surface area contributed by atoms with E-state index < -0.39 is 5.97 Å². The lowest BCUT2D eigenvalue weighted by Gasteiger charge is -2.09. The summed E-state index contributed by atoms with van der Waals surface area (Å²) < 4.78 is 0. The number of aliphatic carboxylic acids is 1. The Morgan fingerprint density at radius 1 is 1.75 bits per heavy atom. The van der Waals surface area contributed by atoms with E-state index in [-0.39, 0.29) is 12.0 Å². The van der Waals surface area contributed by atoms with Crippen LogP contribution in [0.5, 0.6) is 0 Å². The number of hydrogen-bond donors (Lipinski definition) is 2. The second-order valence-corrected chi connectivity index (χ2v) is 2.73. The molecular weight excluding hydrogens is 106 g/mol. The van der Waals surface area contributed by atoms with Crippen molar-refractivity contribution >= 4 is 5.97 Å². The highest BCUT2D eigenvalue weighted by Crippen LogP contribution is 1.98. The van der Waals surface area contributed by atoms with Crippen molar-refractivity contribution in [1.29, 1.82) is 0 Å². The van der Waals surface area contributed by atoms with Crippen molar-refractivity contribution < 1.29 is 15.6 Å². The van der Waals surface area contributed by atoms with Gasteiger partial charge < -0.3 is 10.8 Å². The zero-order valence-electron chi connectivity index (χ0n) is 5.27. The van der Waals surface area contributed by atoms with E-state index in [1.54, 1.807) is 13.8 Å². The summed E-state index contributed by atoms with van der Waals surface area (Å²) in [5.74, 6) is -0.787. The van der Waals surface area contributed by atoms with Crippen molar-refractivity contribution in [2.75, 3.05) is 0 Å². The summed E-state index contributed by atoms with van der Waals surface area (Å²) in [5.41, 5.74) is 3.30. The fraction of sp³-hybridized carbons (Fsp3) is 0.800. The van der Waals surface area contributed by atoms with Gasteiger partial charge in [-0.2, -0.15) is 0 Å². The highest BCUT2D eigenvalue weighted by Gasteiger charge is 2.18. The van der Waals surface area contributed by atoms with Crippen LogP contribution in [0.25, 0.3) is 0 Å². The number of carboxylic acid groups (broad SMARTS) is 1. The Bertz CT molecular complexity index is 93.1. The lowest BCUT2D eigenvalue weighted by molar-refractivity contribution is -0.464. The molecule has 0 spiro atoms. The van der Waals surface area contributed by atoms with Gasteiger partial charge in [0.05, 0.1) is 12.0 Å². The van der Waals surface area contributed by atoms with Gasteiger partial charge in [0.2, 0.25) is 0 Å². The molecule has 4 N–H and O–H groups in total. The lowest BCUT2D eigenvalue weighted by atomic mass is 10.0. The van der Waals surface area contributed by atoms with Gasteiger partial charge in [-0.3, -0.25) is 4.79 Å². The van der Waals surface area contributed by atoms with Gasteiger partial charge in [0, 0.05) is 0 Å². The second kappa shape index (κ2) is 2.13. The molecule has 0 aliphatic rings. The van der Waals surface area contributed by atoms with Crippen LogP contribution in [0.4, 0.5) is 0 Å². The van der Waals surface area contributed by atoms with Crippen molar-refractivity contribution in [3.63, 3.8) is 0 Å². The minimum atomic E-state index is -0.787. The Balaban J connectivity index is 3.55. The van der Waals surface area contributed by atoms with E-state index in [2.05, 4.69) is 5.73 Å². The molecule has 0 heterocycles. The first-order valence-corrected chi connectivity index (χ1v) is 2.49. The maximum absolute atomic E-state index is 9.97. The molecule has 3 heteroatoms. The summed E-state index contributed by atoms with van der Waals surface area (Å²) in [4.78, 5) is 9.97. The molecule has 0 aromatic carbocycles. The van der Waals surface area contributed by atoms with E-state index in [0.29, 0.717) is 0 Å². The van der Waals surface area contributed by atoms with Crippen molar-refractivity contribution in [1.82, 2.24) is 0 Å². The van der Waals surface area contributed by atoms with Crippen LogP contribution in [0.15, 0.2) is 0 Å². The van der Waals surface area contributed by atoms with Crippen molar-refractivity contribution in [2.24, 2.45) is 0 Å². The minimum absolute atomic E-state index is 0.132. The van der Waals surface area contributed by atoms with E-state index in [1.165, 1.54) is 0 Å². The maximum atomic E-state index is 9.97. The monoisotopic (exact) mass is 118 g/mol. The summed E-state index contributed by atoms with van der Waals surface area (Å²) in [6, 6.07) is 0. The van der Waals surface area contributed by atoms with E-state index in [0.717, 1.165) is 0 Å². The number of carbonyl (C=O) groups is 1. The van der Waals surface area contributed by atoms with Crippen molar-refractivity contribution in [3.05, 3.63) is 0 Å². The number of quaternary nitrogens is 1. The van der Waals surface area contributed by atoms with Crippen LogP contribution in [-0.2, 0) is 4.79 Å². The Morgan fingerprint density at radius 3 is 2.12 bits per heavy atom. The second-order valence-electron chi connectivity index (χ2n) is 2.73. The third-order valence-electron chi connectivity index (χ3n) is 0.630. The van der Waals surface area contributed by atoms with Crippen LogP contribution >= 0.6 is 0 Å². The number of rotatable bonds is 2. The standard InChI is InChI=1S/C5H11NO2/c1-5(2,6)3-4(7)8/h3,6H2,1-2H3,(H,7,8)/p+1. The van der Waals surface area contributed by atoms with Crippen LogP contribution in [0.2, 0.25) is 0 Å². The van der Waals surface area contributed by atoms with Crippen LogP contribution in [-0.4, -0.2) is 16.6 Å². The minimum Gasteiger partial charge on any atom is -0.481 e. The average molecular weight is 118 g/mol. The number of carboxylic acids is 1. The van der Waals surface area contributed by atoms with Gasteiger partial charge in [0.15, 0.2) is 0 Å². The highest BCUT2D eigenvalue weighted by molar-refractivity contribution is 5.67. The molecule has 0 rings (SSSR count). The zero-order chi connectivity index (χ0) is 6.78. The van der Waals surface area contributed by atoms with E-state index >= 15 is 0 Å². The first-order chi connectivity index (χ1) is 3.42. The van der Waals surface area contributed by atoms with Crippen LogP contribution in [0.3, 0.4) is 0 Å². The van der Waals surface area contributed by atoms with Gasteiger partial charge in [0.1, 0.15) is 0 Å². The lowest BCUT2D eigenvalue weighted by Crippen LogP contribution is -2.69. The third kappa shape index (κ3) is 5.43. The molecular formula is C5H12NO2+. The molecule has 48 valence electrons. The Labute approximate surface area is 48.5 Å². The predicted molar refractivity (Wildman–Crippen MR) is 29.2 cm³/mol. The van der Waals surface area contributed by atoms with Gasteiger partial charge in [-0.05, 0) is 13.8 Å². The molecule has 0 bridgehead atoms. The van der Waals surface area contributed by atoms with Gasteiger partial charge >= 0.3 is 5.97 Å². The Morgan fingerprint density at radius 2 is 2.12 bits per heavy atom. The van der Waals surface area contributed by atoms with Gasteiger partial charge in [0.25, 0.3) is 0 Å². The van der Waals surface area contributed by atoms with Crippen LogP contribution in [0.1, 0.15) is 20.3 Å². The normalized spacial score (nSPS) is 11.4. The topological polar surface area (TPSA) is 64.9 Å². The first kappa shape index (κ1) is 7.43. The first-order valence-electron chi connectivity index (χ1n) is 2.49. The molecule has 0 saturated carbocycles. The molecule has 0 saturated heterocycles. The van der Waals surface area contributed by atoms with Crippen LogP contribution < -0.4 is 5.73 Å². The predicted octanol–water partition coefficient (Wildman–Crippen LogP) is -0.518.